The molecule has 0 radical (unpaired) electrons. The molecule has 44 heavy (non-hydrogen) atoms. The first-order chi connectivity index (χ1) is 21.5. The molecule has 0 aliphatic carbocycles. The van der Waals surface area contributed by atoms with Crippen LogP contribution in [-0.4, -0.2) is 38.5 Å². The van der Waals surface area contributed by atoms with Crippen molar-refractivity contribution >= 4 is 39.9 Å². The van der Waals surface area contributed by atoms with E-state index in [1.54, 1.807) is 37.8 Å². The summed E-state index contributed by atoms with van der Waals surface area (Å²) in [5.74, 6) is 0.934. The fourth-order valence-corrected chi connectivity index (χ4v) is 6.58. The largest absolute Gasteiger partial charge is 0.496 e. The number of fused-ring (bicyclic) bond motifs is 2. The zero-order valence-electron chi connectivity index (χ0n) is 24.7. The number of nitrogens with zero attached hydrogens (tertiary/aromatic N) is 2. The molecule has 0 saturated heterocycles. The highest BCUT2D eigenvalue weighted by Crippen LogP contribution is 2.42. The summed E-state index contributed by atoms with van der Waals surface area (Å²) in [7, 11) is 4.68. The maximum atomic E-state index is 14.5. The van der Waals surface area contributed by atoms with Gasteiger partial charge in [0.2, 0.25) is 0 Å². The van der Waals surface area contributed by atoms with Crippen LogP contribution in [0, 0.1) is 0 Å². The number of hydrogen-bond acceptors (Lipinski definition) is 8. The highest BCUT2D eigenvalue weighted by molar-refractivity contribution is 7.07. The Balaban J connectivity index is 1.72. The first-order valence-electron chi connectivity index (χ1n) is 14.1. The van der Waals surface area contributed by atoms with Crippen LogP contribution in [0.3, 0.4) is 0 Å². The number of aromatic nitrogens is 1. The normalized spacial score (nSPS) is 14.6. The van der Waals surface area contributed by atoms with E-state index in [2.05, 4.69) is 0 Å². The molecule has 1 aliphatic rings. The van der Waals surface area contributed by atoms with E-state index in [4.69, 9.17) is 23.9 Å². The van der Waals surface area contributed by atoms with E-state index in [-0.39, 0.29) is 17.7 Å². The lowest BCUT2D eigenvalue weighted by atomic mass is 9.92. The maximum Gasteiger partial charge on any atom is 0.338 e. The van der Waals surface area contributed by atoms with E-state index >= 15 is 0 Å². The minimum atomic E-state index is -0.915. The van der Waals surface area contributed by atoms with E-state index in [0.29, 0.717) is 37.8 Å². The molecule has 0 fully saturated rings. The van der Waals surface area contributed by atoms with Gasteiger partial charge in [0.15, 0.2) is 16.3 Å². The van der Waals surface area contributed by atoms with Gasteiger partial charge in [0.25, 0.3) is 5.56 Å². The number of ether oxygens (including phenoxy) is 4. The highest BCUT2D eigenvalue weighted by Gasteiger charge is 2.37. The van der Waals surface area contributed by atoms with Gasteiger partial charge in [-0.15, -0.1) is 0 Å². The number of rotatable bonds is 8. The quantitative estimate of drug-likeness (QED) is 0.228. The third-order valence-electron chi connectivity index (χ3n) is 7.53. The molecular weight excluding hydrogens is 576 g/mol. The predicted octanol–water partition coefficient (Wildman–Crippen LogP) is 5.11. The smallest absolute Gasteiger partial charge is 0.338 e. The molecular formula is C35H30N2O6S. The molecule has 0 bridgehead atoms. The van der Waals surface area contributed by atoms with E-state index in [1.165, 1.54) is 18.4 Å². The average Bonchev–Trinajstić information content (AvgIpc) is 3.38. The Hall–Kier alpha value is -5.15. The number of esters is 1. The lowest BCUT2D eigenvalue weighted by Gasteiger charge is -2.27. The van der Waals surface area contributed by atoms with Crippen molar-refractivity contribution in [3.05, 3.63) is 127 Å². The second-order valence-electron chi connectivity index (χ2n) is 9.92. The highest BCUT2D eigenvalue weighted by atomic mass is 32.1. The topological polar surface area (TPSA) is 88.4 Å². The molecule has 1 unspecified atom stereocenters. The molecule has 9 heteroatoms. The van der Waals surface area contributed by atoms with E-state index in [1.807, 2.05) is 78.9 Å². The Morgan fingerprint density at radius 1 is 0.886 bits per heavy atom. The summed E-state index contributed by atoms with van der Waals surface area (Å²) < 4.78 is 24.7. The summed E-state index contributed by atoms with van der Waals surface area (Å²) in [5, 5.41) is 1.96. The van der Waals surface area contributed by atoms with Crippen LogP contribution in [0.15, 0.2) is 100 Å². The standard InChI is InChI=1S/C35H30N2O6S/c1-5-43-34(39)29-30(22-13-7-6-8-14-22)36-35-37(31(29)24-16-11-17-27(41-3)32(24)42-4)33(38)28(44-35)20-25-23-15-10-9-12-21(23)18-19-26(25)40-2/h6-20,31H,5H2,1-4H3. The van der Waals surface area contributed by atoms with Crippen LogP contribution in [0.4, 0.5) is 0 Å². The van der Waals surface area contributed by atoms with Crippen LogP contribution in [0.1, 0.15) is 29.7 Å². The molecule has 5 aromatic rings. The van der Waals surface area contributed by atoms with Gasteiger partial charge in [-0.2, -0.15) is 0 Å². The lowest BCUT2D eigenvalue weighted by molar-refractivity contribution is -0.138. The molecule has 0 amide bonds. The van der Waals surface area contributed by atoms with Gasteiger partial charge >= 0.3 is 5.97 Å². The second kappa shape index (κ2) is 12.2. The summed E-state index contributed by atoms with van der Waals surface area (Å²) >= 11 is 1.25. The van der Waals surface area contributed by atoms with Crippen molar-refractivity contribution in [3.8, 4) is 17.2 Å². The number of hydrogen-bond donors (Lipinski definition) is 0. The number of carbonyl (C=O) groups is 1. The fourth-order valence-electron chi connectivity index (χ4n) is 5.60. The predicted molar refractivity (Wildman–Crippen MR) is 171 cm³/mol. The van der Waals surface area contributed by atoms with Crippen LogP contribution < -0.4 is 29.1 Å². The number of methoxy groups -OCH3 is 3. The van der Waals surface area contributed by atoms with E-state index in [0.717, 1.165) is 21.9 Å². The third kappa shape index (κ3) is 4.95. The molecule has 6 rings (SSSR count). The van der Waals surface area contributed by atoms with E-state index in [9.17, 15) is 9.59 Å². The van der Waals surface area contributed by atoms with E-state index < -0.39 is 12.0 Å². The van der Waals surface area contributed by atoms with Crippen molar-refractivity contribution in [2.75, 3.05) is 27.9 Å². The van der Waals surface area contributed by atoms with Gasteiger partial charge in [-0.1, -0.05) is 84.1 Å². The SMILES string of the molecule is CCOC(=O)C1=C(c2ccccc2)N=c2sc(=Cc3c(OC)ccc4ccccc34)c(=O)n2C1c1cccc(OC)c1OC. The zero-order chi connectivity index (χ0) is 30.8. The first kappa shape index (κ1) is 28.9. The summed E-state index contributed by atoms with van der Waals surface area (Å²) in [4.78, 5) is 33.6. The molecule has 1 aromatic heterocycles. The van der Waals surface area contributed by atoms with Crippen LogP contribution in [0.2, 0.25) is 0 Å². The molecule has 2 heterocycles. The van der Waals surface area contributed by atoms with Gasteiger partial charge in [0, 0.05) is 16.7 Å². The lowest BCUT2D eigenvalue weighted by Crippen LogP contribution is -2.40. The van der Waals surface area contributed by atoms with Gasteiger partial charge in [0.05, 0.1) is 43.7 Å². The number of thiazole rings is 1. The Kier molecular flexibility index (Phi) is 8.04. The van der Waals surface area contributed by atoms with Crippen LogP contribution in [0.25, 0.3) is 22.5 Å². The van der Waals surface area contributed by atoms with Crippen LogP contribution in [0.5, 0.6) is 17.2 Å². The minimum absolute atomic E-state index is 0.150. The first-order valence-corrected chi connectivity index (χ1v) is 14.9. The van der Waals surface area contributed by atoms with Crippen molar-refractivity contribution in [1.29, 1.82) is 0 Å². The van der Waals surface area contributed by atoms with Crippen LogP contribution in [-0.2, 0) is 9.53 Å². The van der Waals surface area contributed by atoms with Gasteiger partial charge in [-0.25, -0.2) is 9.79 Å². The van der Waals surface area contributed by atoms with Crippen molar-refractivity contribution in [2.45, 2.75) is 13.0 Å². The molecule has 1 atom stereocenters. The summed E-state index contributed by atoms with van der Waals surface area (Å²) in [6.07, 6.45) is 1.83. The summed E-state index contributed by atoms with van der Waals surface area (Å²) in [6, 6.07) is 25.7. The Morgan fingerprint density at radius 3 is 2.36 bits per heavy atom. The van der Waals surface area contributed by atoms with Crippen molar-refractivity contribution in [1.82, 2.24) is 4.57 Å². The average molecular weight is 607 g/mol. The van der Waals surface area contributed by atoms with Crippen LogP contribution >= 0.6 is 11.3 Å². The maximum absolute atomic E-state index is 14.5. The molecule has 0 saturated carbocycles. The number of para-hydroxylation sites is 1. The number of benzene rings is 4. The molecule has 4 aromatic carbocycles. The van der Waals surface area contributed by atoms with Gasteiger partial charge in [-0.05, 0) is 35.9 Å². The molecule has 0 N–H and O–H groups in total. The monoisotopic (exact) mass is 606 g/mol. The second-order valence-corrected chi connectivity index (χ2v) is 10.9. The summed E-state index contributed by atoms with van der Waals surface area (Å²) in [5.41, 5.74) is 2.40. The number of carbonyl (C=O) groups excluding carboxylic acids is 1. The van der Waals surface area contributed by atoms with Crippen molar-refractivity contribution < 1.29 is 23.7 Å². The summed E-state index contributed by atoms with van der Waals surface area (Å²) in [6.45, 7) is 1.90. The zero-order valence-corrected chi connectivity index (χ0v) is 25.5. The molecule has 8 nitrogen and oxygen atoms in total. The molecule has 222 valence electrons. The minimum Gasteiger partial charge on any atom is -0.496 e. The molecule has 0 spiro atoms. The van der Waals surface area contributed by atoms with Gasteiger partial charge < -0.3 is 18.9 Å². The Labute approximate surface area is 257 Å². The van der Waals surface area contributed by atoms with Gasteiger partial charge in [-0.3, -0.25) is 9.36 Å². The Bertz CT molecular complexity index is 2100. The van der Waals surface area contributed by atoms with Crippen molar-refractivity contribution in [3.63, 3.8) is 0 Å². The molecule has 1 aliphatic heterocycles. The third-order valence-corrected chi connectivity index (χ3v) is 8.51. The Morgan fingerprint density at radius 2 is 1.64 bits per heavy atom. The fraction of sp³-hybridized carbons (Fsp3) is 0.171. The van der Waals surface area contributed by atoms with Crippen molar-refractivity contribution in [2.24, 2.45) is 4.99 Å². The van der Waals surface area contributed by atoms with Gasteiger partial charge in [0.1, 0.15) is 11.8 Å².